The Morgan fingerprint density at radius 3 is 2.81 bits per heavy atom. The summed E-state index contributed by atoms with van der Waals surface area (Å²) in [5, 5.41) is 12.5. The monoisotopic (exact) mass is 289 g/mol. The first-order valence-corrected chi connectivity index (χ1v) is 7.91. The van der Waals surface area contributed by atoms with Gasteiger partial charge in [-0.2, -0.15) is 10.2 Å². The molecular weight excluding hydrogens is 262 g/mol. The number of nitrogens with one attached hydrogen (secondary N) is 1. The fourth-order valence-electron chi connectivity index (χ4n) is 2.45. The van der Waals surface area contributed by atoms with E-state index in [1.54, 1.807) is 0 Å². The maximum atomic E-state index is 4.53. The molecule has 1 atom stereocenters. The Morgan fingerprint density at radius 1 is 1.29 bits per heavy atom. The molecule has 0 aliphatic carbocycles. The van der Waals surface area contributed by atoms with Crippen LogP contribution in [-0.4, -0.2) is 19.6 Å². The van der Waals surface area contributed by atoms with Crippen molar-refractivity contribution in [3.63, 3.8) is 0 Å². The molecule has 21 heavy (non-hydrogen) atoms. The lowest BCUT2D eigenvalue weighted by atomic mass is 10.2. The highest BCUT2D eigenvalue weighted by atomic mass is 15.3. The van der Waals surface area contributed by atoms with Gasteiger partial charge in [-0.05, 0) is 32.8 Å². The molecule has 0 radical (unpaired) electrons. The van der Waals surface area contributed by atoms with Gasteiger partial charge in [-0.15, -0.1) is 0 Å². The van der Waals surface area contributed by atoms with Crippen LogP contribution in [0.5, 0.6) is 0 Å². The molecule has 2 aromatic heterocycles. The summed E-state index contributed by atoms with van der Waals surface area (Å²) in [4.78, 5) is 0. The van der Waals surface area contributed by atoms with Gasteiger partial charge in [0.25, 0.3) is 0 Å². The van der Waals surface area contributed by atoms with E-state index in [0.717, 1.165) is 38.2 Å². The molecule has 2 rings (SSSR count). The molecule has 0 saturated carbocycles. The first kappa shape index (κ1) is 15.8. The number of aryl methyl sites for hydroxylation is 2. The first-order valence-electron chi connectivity index (χ1n) is 7.91. The number of hydrogen-bond donors (Lipinski definition) is 1. The van der Waals surface area contributed by atoms with Crippen LogP contribution in [0.25, 0.3) is 0 Å². The maximum absolute atomic E-state index is 4.53. The Balaban J connectivity index is 1.91. The molecule has 0 amide bonds. The average molecular weight is 289 g/mol. The third-order valence-electron chi connectivity index (χ3n) is 3.88. The first-order chi connectivity index (χ1) is 10.2. The zero-order valence-electron chi connectivity index (χ0n) is 13.6. The predicted molar refractivity (Wildman–Crippen MR) is 85.0 cm³/mol. The molecule has 0 aliphatic rings. The van der Waals surface area contributed by atoms with Crippen molar-refractivity contribution in [1.29, 1.82) is 0 Å². The summed E-state index contributed by atoms with van der Waals surface area (Å²) in [6, 6.07) is 2.54. The van der Waals surface area contributed by atoms with Crippen LogP contribution in [0.1, 0.15) is 56.6 Å². The molecule has 0 aliphatic heterocycles. The fourth-order valence-corrected chi connectivity index (χ4v) is 2.45. The molecular formula is C16H27N5. The second-order valence-corrected chi connectivity index (χ2v) is 5.63. The van der Waals surface area contributed by atoms with Gasteiger partial charge >= 0.3 is 0 Å². The average Bonchev–Trinajstić information content (AvgIpc) is 3.06. The topological polar surface area (TPSA) is 47.7 Å². The zero-order valence-corrected chi connectivity index (χ0v) is 13.6. The van der Waals surface area contributed by atoms with Crippen LogP contribution in [0.2, 0.25) is 0 Å². The Bertz CT molecular complexity index is 555. The van der Waals surface area contributed by atoms with E-state index in [4.69, 9.17) is 0 Å². The summed E-state index contributed by atoms with van der Waals surface area (Å²) < 4.78 is 4.15. The Hall–Kier alpha value is -1.62. The Labute approximate surface area is 127 Å². The number of rotatable bonds is 8. The van der Waals surface area contributed by atoms with Crippen LogP contribution in [0, 0.1) is 6.92 Å². The van der Waals surface area contributed by atoms with E-state index in [0.29, 0.717) is 6.04 Å². The zero-order chi connectivity index (χ0) is 15.2. The molecule has 2 heterocycles. The highest BCUT2D eigenvalue weighted by Crippen LogP contribution is 2.12. The van der Waals surface area contributed by atoms with E-state index in [1.165, 1.54) is 11.3 Å². The van der Waals surface area contributed by atoms with Gasteiger partial charge in [-0.3, -0.25) is 9.36 Å². The highest BCUT2D eigenvalue weighted by Gasteiger charge is 2.09. The van der Waals surface area contributed by atoms with Crippen LogP contribution >= 0.6 is 0 Å². The van der Waals surface area contributed by atoms with Crippen molar-refractivity contribution in [2.24, 2.45) is 0 Å². The van der Waals surface area contributed by atoms with Crippen LogP contribution in [0.15, 0.2) is 18.5 Å². The molecule has 1 N–H and O–H groups in total. The number of aromatic nitrogens is 4. The minimum atomic E-state index is 0.450. The van der Waals surface area contributed by atoms with Gasteiger partial charge < -0.3 is 5.32 Å². The third kappa shape index (κ3) is 3.94. The second-order valence-electron chi connectivity index (χ2n) is 5.63. The number of hydrogen-bond acceptors (Lipinski definition) is 3. The van der Waals surface area contributed by atoms with Crippen LogP contribution < -0.4 is 5.32 Å². The van der Waals surface area contributed by atoms with Gasteiger partial charge in [0, 0.05) is 43.6 Å². The van der Waals surface area contributed by atoms with E-state index >= 15 is 0 Å². The van der Waals surface area contributed by atoms with E-state index in [-0.39, 0.29) is 0 Å². The van der Waals surface area contributed by atoms with Crippen LogP contribution in [-0.2, 0) is 19.6 Å². The summed E-state index contributed by atoms with van der Waals surface area (Å²) in [6.07, 6.45) is 6.24. The maximum Gasteiger partial charge on any atom is 0.0638 e. The summed E-state index contributed by atoms with van der Waals surface area (Å²) in [6.45, 7) is 11.3. The smallest absolute Gasteiger partial charge is 0.0638 e. The van der Waals surface area contributed by atoms with Crippen molar-refractivity contribution >= 4 is 0 Å². The summed E-state index contributed by atoms with van der Waals surface area (Å²) in [7, 11) is 0. The molecule has 0 saturated heterocycles. The summed E-state index contributed by atoms with van der Waals surface area (Å²) in [5.41, 5.74) is 3.63. The standard InChI is InChI=1S/C16H27N5/c1-5-9-20-12-15(14(4)19-20)10-17-11-16-7-8-18-21(16)13(3)6-2/h7-8,12-13,17H,5-6,9-11H2,1-4H3/t13-/m0/s1. The Morgan fingerprint density at radius 2 is 2.10 bits per heavy atom. The summed E-state index contributed by atoms with van der Waals surface area (Å²) in [5.74, 6) is 0. The molecule has 5 heteroatoms. The van der Waals surface area contributed by atoms with Crippen LogP contribution in [0.4, 0.5) is 0 Å². The molecule has 0 unspecified atom stereocenters. The Kier molecular flexibility index (Phi) is 5.56. The largest absolute Gasteiger partial charge is 0.307 e. The molecule has 5 nitrogen and oxygen atoms in total. The quantitative estimate of drug-likeness (QED) is 0.812. The van der Waals surface area contributed by atoms with Gasteiger partial charge in [0.15, 0.2) is 0 Å². The van der Waals surface area contributed by atoms with Crippen molar-refractivity contribution < 1.29 is 0 Å². The summed E-state index contributed by atoms with van der Waals surface area (Å²) >= 11 is 0. The molecule has 0 spiro atoms. The van der Waals surface area contributed by atoms with Crippen LogP contribution in [0.3, 0.4) is 0 Å². The van der Waals surface area contributed by atoms with Crippen molar-refractivity contribution in [1.82, 2.24) is 24.9 Å². The van der Waals surface area contributed by atoms with Crippen molar-refractivity contribution in [2.75, 3.05) is 0 Å². The molecule has 0 aromatic carbocycles. The molecule has 0 fully saturated rings. The van der Waals surface area contributed by atoms with Crippen molar-refractivity contribution in [3.8, 4) is 0 Å². The fraction of sp³-hybridized carbons (Fsp3) is 0.625. The van der Waals surface area contributed by atoms with Gasteiger partial charge in [-0.25, -0.2) is 0 Å². The highest BCUT2D eigenvalue weighted by molar-refractivity contribution is 5.15. The van der Waals surface area contributed by atoms with E-state index in [2.05, 4.69) is 60.2 Å². The normalized spacial score (nSPS) is 12.8. The molecule has 116 valence electrons. The molecule has 2 aromatic rings. The third-order valence-corrected chi connectivity index (χ3v) is 3.88. The minimum Gasteiger partial charge on any atom is -0.307 e. The van der Waals surface area contributed by atoms with Crippen molar-refractivity contribution in [3.05, 3.63) is 35.4 Å². The van der Waals surface area contributed by atoms with Crippen molar-refractivity contribution in [2.45, 2.75) is 66.2 Å². The lowest BCUT2D eigenvalue weighted by molar-refractivity contribution is 0.451. The van der Waals surface area contributed by atoms with Gasteiger partial charge in [0.2, 0.25) is 0 Å². The van der Waals surface area contributed by atoms with Gasteiger partial charge in [0.1, 0.15) is 0 Å². The minimum absolute atomic E-state index is 0.450. The lowest BCUT2D eigenvalue weighted by Gasteiger charge is -2.14. The van der Waals surface area contributed by atoms with E-state index in [9.17, 15) is 0 Å². The predicted octanol–water partition coefficient (Wildman–Crippen LogP) is 3.06. The second kappa shape index (κ2) is 7.41. The van der Waals surface area contributed by atoms with Gasteiger partial charge in [0.05, 0.1) is 11.4 Å². The molecule has 0 bridgehead atoms. The number of nitrogens with zero attached hydrogens (tertiary/aromatic N) is 4. The van der Waals surface area contributed by atoms with Gasteiger partial charge in [-0.1, -0.05) is 13.8 Å². The SMILES string of the molecule is CCCn1cc(CNCc2ccnn2[C@@H](C)CC)c(C)n1. The van der Waals surface area contributed by atoms with E-state index in [1.807, 2.05) is 10.9 Å². The van der Waals surface area contributed by atoms with E-state index < -0.39 is 0 Å². The lowest BCUT2D eigenvalue weighted by Crippen LogP contribution is -2.18.